The van der Waals surface area contributed by atoms with Gasteiger partial charge in [0.15, 0.2) is 0 Å². The average molecular weight is 279 g/mol. The van der Waals surface area contributed by atoms with Crippen LogP contribution in [0.15, 0.2) is 11.7 Å². The lowest BCUT2D eigenvalue weighted by molar-refractivity contribution is 0.0529. The summed E-state index contributed by atoms with van der Waals surface area (Å²) in [6.45, 7) is 7.96. The third-order valence-corrected chi connectivity index (χ3v) is 3.79. The number of esters is 1. The van der Waals surface area contributed by atoms with E-state index in [4.69, 9.17) is 4.74 Å². The molecule has 0 aliphatic carbocycles. The molecule has 0 saturated heterocycles. The van der Waals surface area contributed by atoms with Crippen LogP contribution >= 0.6 is 11.3 Å². The third-order valence-electron chi connectivity index (χ3n) is 2.91. The van der Waals surface area contributed by atoms with Crippen LogP contribution < -0.4 is 4.90 Å². The number of rotatable bonds is 5. The van der Waals surface area contributed by atoms with E-state index < -0.39 is 0 Å². The van der Waals surface area contributed by atoms with Crippen molar-refractivity contribution in [3.05, 3.63) is 17.3 Å². The van der Waals surface area contributed by atoms with Gasteiger partial charge in [0, 0.05) is 18.5 Å². The fraction of sp³-hybridized carbons (Fsp3) is 0.462. The fourth-order valence-corrected chi connectivity index (χ4v) is 2.85. The molecule has 2 heterocycles. The zero-order valence-electron chi connectivity index (χ0n) is 11.3. The standard InChI is InChI=1S/C13H17N3O2S/c1-4-16(5-2)11-10-9(13(17)18-6-3)7-19-12(10)15-8-14-11/h7-8H,4-6H2,1-3H3. The van der Waals surface area contributed by atoms with Gasteiger partial charge in [-0.3, -0.25) is 0 Å². The van der Waals surface area contributed by atoms with Gasteiger partial charge < -0.3 is 9.64 Å². The number of fused-ring (bicyclic) bond motifs is 1. The highest BCUT2D eigenvalue weighted by molar-refractivity contribution is 7.17. The molecule has 0 amide bonds. The van der Waals surface area contributed by atoms with Crippen LogP contribution in [0.4, 0.5) is 5.82 Å². The highest BCUT2D eigenvalue weighted by Crippen LogP contribution is 2.31. The number of hydrogen-bond acceptors (Lipinski definition) is 6. The van der Waals surface area contributed by atoms with Gasteiger partial charge >= 0.3 is 5.97 Å². The number of aromatic nitrogens is 2. The molecule has 2 aromatic heterocycles. The Labute approximate surface area is 116 Å². The van der Waals surface area contributed by atoms with E-state index in [9.17, 15) is 4.79 Å². The summed E-state index contributed by atoms with van der Waals surface area (Å²) in [6.07, 6.45) is 1.54. The lowest BCUT2D eigenvalue weighted by Gasteiger charge is -2.20. The second kappa shape index (κ2) is 5.97. The van der Waals surface area contributed by atoms with Crippen molar-refractivity contribution >= 4 is 33.3 Å². The SMILES string of the molecule is CCOC(=O)c1csc2ncnc(N(CC)CC)c12. The summed E-state index contributed by atoms with van der Waals surface area (Å²) in [5, 5.41) is 2.60. The quantitative estimate of drug-likeness (QED) is 0.788. The Hall–Kier alpha value is -1.69. The molecule has 0 spiro atoms. The molecule has 0 bridgehead atoms. The second-order valence-electron chi connectivity index (χ2n) is 3.92. The largest absolute Gasteiger partial charge is 0.462 e. The van der Waals surface area contributed by atoms with E-state index in [1.807, 2.05) is 0 Å². The van der Waals surface area contributed by atoms with Gasteiger partial charge in [-0.2, -0.15) is 0 Å². The Morgan fingerprint density at radius 2 is 2.05 bits per heavy atom. The first-order chi connectivity index (χ1) is 9.22. The van der Waals surface area contributed by atoms with Gasteiger partial charge in [-0.1, -0.05) is 0 Å². The van der Waals surface area contributed by atoms with E-state index in [2.05, 4.69) is 28.7 Å². The normalized spacial score (nSPS) is 10.7. The van der Waals surface area contributed by atoms with Gasteiger partial charge in [0.2, 0.25) is 0 Å². The zero-order valence-corrected chi connectivity index (χ0v) is 12.2. The molecular weight excluding hydrogens is 262 g/mol. The molecule has 2 rings (SSSR count). The summed E-state index contributed by atoms with van der Waals surface area (Å²) in [6, 6.07) is 0. The minimum absolute atomic E-state index is 0.308. The summed E-state index contributed by atoms with van der Waals surface area (Å²) in [5.74, 6) is 0.497. The number of carbonyl (C=O) groups is 1. The van der Waals surface area contributed by atoms with Crippen molar-refractivity contribution in [2.45, 2.75) is 20.8 Å². The molecule has 0 saturated carbocycles. The molecule has 6 heteroatoms. The Bertz CT molecular complexity index is 578. The summed E-state index contributed by atoms with van der Waals surface area (Å²) in [5.41, 5.74) is 0.560. The van der Waals surface area contributed by atoms with E-state index in [1.54, 1.807) is 18.6 Å². The predicted molar refractivity (Wildman–Crippen MR) is 76.9 cm³/mol. The smallest absolute Gasteiger partial charge is 0.339 e. The van der Waals surface area contributed by atoms with Crippen LogP contribution in [0.25, 0.3) is 10.2 Å². The minimum Gasteiger partial charge on any atom is -0.462 e. The van der Waals surface area contributed by atoms with Crippen molar-refractivity contribution in [3.8, 4) is 0 Å². The topological polar surface area (TPSA) is 55.3 Å². The Kier molecular flexibility index (Phi) is 4.31. The van der Waals surface area contributed by atoms with Crippen LogP contribution in [0.3, 0.4) is 0 Å². The summed E-state index contributed by atoms with van der Waals surface area (Å²) >= 11 is 1.44. The van der Waals surface area contributed by atoms with Crippen LogP contribution in [0, 0.1) is 0 Å². The van der Waals surface area contributed by atoms with Gasteiger partial charge in [-0.05, 0) is 20.8 Å². The summed E-state index contributed by atoms with van der Waals surface area (Å²) < 4.78 is 5.09. The number of thiophene rings is 1. The fourth-order valence-electron chi connectivity index (χ4n) is 1.98. The Morgan fingerprint density at radius 1 is 1.32 bits per heavy atom. The molecule has 0 radical (unpaired) electrons. The van der Waals surface area contributed by atoms with Crippen molar-refractivity contribution in [1.29, 1.82) is 0 Å². The van der Waals surface area contributed by atoms with Crippen molar-refractivity contribution in [2.75, 3.05) is 24.6 Å². The van der Waals surface area contributed by atoms with Crippen LogP contribution in [0.1, 0.15) is 31.1 Å². The molecule has 19 heavy (non-hydrogen) atoms. The molecule has 5 nitrogen and oxygen atoms in total. The number of anilines is 1. The van der Waals surface area contributed by atoms with Crippen LogP contribution in [0.2, 0.25) is 0 Å². The van der Waals surface area contributed by atoms with E-state index in [0.29, 0.717) is 12.2 Å². The van der Waals surface area contributed by atoms with E-state index >= 15 is 0 Å². The van der Waals surface area contributed by atoms with Crippen molar-refractivity contribution in [1.82, 2.24) is 9.97 Å². The first-order valence-electron chi connectivity index (χ1n) is 6.37. The predicted octanol–water partition coefficient (Wildman–Crippen LogP) is 2.71. The molecule has 0 fully saturated rings. The Balaban J connectivity index is 2.58. The highest BCUT2D eigenvalue weighted by Gasteiger charge is 2.20. The molecule has 0 aliphatic rings. The maximum absolute atomic E-state index is 12.0. The van der Waals surface area contributed by atoms with E-state index in [0.717, 1.165) is 29.1 Å². The monoisotopic (exact) mass is 279 g/mol. The molecule has 102 valence electrons. The number of ether oxygens (including phenoxy) is 1. The van der Waals surface area contributed by atoms with Gasteiger partial charge in [-0.15, -0.1) is 11.3 Å². The summed E-state index contributed by atoms with van der Waals surface area (Å²) in [4.78, 5) is 23.5. The number of nitrogens with zero attached hydrogens (tertiary/aromatic N) is 3. The maximum atomic E-state index is 12.0. The molecule has 0 atom stereocenters. The number of hydrogen-bond donors (Lipinski definition) is 0. The molecule has 0 unspecified atom stereocenters. The highest BCUT2D eigenvalue weighted by atomic mass is 32.1. The van der Waals surface area contributed by atoms with Gasteiger partial charge in [0.1, 0.15) is 17.0 Å². The van der Waals surface area contributed by atoms with Crippen LogP contribution in [0.5, 0.6) is 0 Å². The maximum Gasteiger partial charge on any atom is 0.339 e. The van der Waals surface area contributed by atoms with Crippen molar-refractivity contribution in [2.24, 2.45) is 0 Å². The average Bonchev–Trinajstić information content (AvgIpc) is 2.85. The minimum atomic E-state index is -0.308. The van der Waals surface area contributed by atoms with Gasteiger partial charge in [0.05, 0.1) is 17.6 Å². The lowest BCUT2D eigenvalue weighted by atomic mass is 10.2. The van der Waals surface area contributed by atoms with E-state index in [-0.39, 0.29) is 5.97 Å². The zero-order chi connectivity index (χ0) is 13.8. The van der Waals surface area contributed by atoms with Gasteiger partial charge in [-0.25, -0.2) is 14.8 Å². The molecular formula is C13H17N3O2S. The van der Waals surface area contributed by atoms with Crippen LogP contribution in [-0.4, -0.2) is 35.6 Å². The summed E-state index contributed by atoms with van der Waals surface area (Å²) in [7, 11) is 0. The molecule has 0 aliphatic heterocycles. The van der Waals surface area contributed by atoms with E-state index in [1.165, 1.54) is 11.3 Å². The van der Waals surface area contributed by atoms with Gasteiger partial charge in [0.25, 0.3) is 0 Å². The molecule has 0 N–H and O–H groups in total. The first kappa shape index (κ1) is 13.7. The third kappa shape index (κ3) is 2.53. The second-order valence-corrected chi connectivity index (χ2v) is 4.78. The molecule has 0 aromatic carbocycles. The number of carbonyl (C=O) groups excluding carboxylic acids is 1. The molecule has 2 aromatic rings. The Morgan fingerprint density at radius 3 is 2.68 bits per heavy atom. The lowest BCUT2D eigenvalue weighted by Crippen LogP contribution is -2.23. The first-order valence-corrected chi connectivity index (χ1v) is 7.25. The van der Waals surface area contributed by atoms with Crippen molar-refractivity contribution in [3.63, 3.8) is 0 Å². The van der Waals surface area contributed by atoms with Crippen molar-refractivity contribution < 1.29 is 9.53 Å². The van der Waals surface area contributed by atoms with Crippen LogP contribution in [-0.2, 0) is 4.74 Å².